The number of rotatable bonds is 2. The highest BCUT2D eigenvalue weighted by Gasteiger charge is 2.04. The van der Waals surface area contributed by atoms with Crippen LogP contribution in [-0.2, 0) is 6.54 Å². The summed E-state index contributed by atoms with van der Waals surface area (Å²) in [7, 11) is 0. The molecule has 2 N–H and O–H groups in total. The summed E-state index contributed by atoms with van der Waals surface area (Å²) in [5.41, 5.74) is 6.77. The van der Waals surface area contributed by atoms with E-state index in [9.17, 15) is 4.79 Å². The minimum absolute atomic E-state index is 0.143. The molecular weight excluding hydrogens is 276 g/mol. The predicted molar refractivity (Wildman–Crippen MR) is 66.2 cm³/mol. The summed E-state index contributed by atoms with van der Waals surface area (Å²) in [6.45, 7) is 0.550. The van der Waals surface area contributed by atoms with Gasteiger partial charge in [0.2, 0.25) is 0 Å². The van der Waals surface area contributed by atoms with Crippen LogP contribution in [0, 0.1) is 0 Å². The third-order valence-electron chi connectivity index (χ3n) is 2.08. The SMILES string of the molecule is Nc1cccn(Cc2ccsc2Br)c1=O. The topological polar surface area (TPSA) is 48.0 Å². The number of nitrogen functional groups attached to an aromatic ring is 1. The smallest absolute Gasteiger partial charge is 0.273 e. The molecule has 0 bridgehead atoms. The summed E-state index contributed by atoms with van der Waals surface area (Å²) in [4.78, 5) is 11.6. The maximum Gasteiger partial charge on any atom is 0.273 e. The molecule has 0 atom stereocenters. The lowest BCUT2D eigenvalue weighted by Crippen LogP contribution is -2.22. The Morgan fingerprint density at radius 2 is 2.27 bits per heavy atom. The van der Waals surface area contributed by atoms with Crippen LogP contribution < -0.4 is 11.3 Å². The summed E-state index contributed by atoms with van der Waals surface area (Å²) < 4.78 is 2.65. The zero-order valence-corrected chi connectivity index (χ0v) is 10.2. The second kappa shape index (κ2) is 4.20. The van der Waals surface area contributed by atoms with E-state index >= 15 is 0 Å². The predicted octanol–water partition coefficient (Wildman–Crippen LogP) is 2.30. The van der Waals surface area contributed by atoms with E-state index in [1.165, 1.54) is 0 Å². The monoisotopic (exact) mass is 284 g/mol. The molecule has 0 amide bonds. The number of hydrogen-bond donors (Lipinski definition) is 1. The van der Waals surface area contributed by atoms with Crippen LogP contribution in [0.4, 0.5) is 5.69 Å². The Bertz CT molecular complexity index is 532. The molecule has 0 aliphatic heterocycles. The van der Waals surface area contributed by atoms with Gasteiger partial charge in [0.1, 0.15) is 0 Å². The van der Waals surface area contributed by atoms with Gasteiger partial charge in [-0.2, -0.15) is 0 Å². The Balaban J connectivity index is 2.37. The molecule has 78 valence electrons. The fraction of sp³-hybridized carbons (Fsp3) is 0.100. The second-order valence-corrected chi connectivity index (χ2v) is 5.35. The second-order valence-electron chi connectivity index (χ2n) is 3.12. The first-order valence-corrected chi connectivity index (χ1v) is 6.02. The van der Waals surface area contributed by atoms with Crippen molar-refractivity contribution in [3.8, 4) is 0 Å². The Morgan fingerprint density at radius 1 is 1.47 bits per heavy atom. The van der Waals surface area contributed by atoms with Crippen molar-refractivity contribution in [2.45, 2.75) is 6.54 Å². The maximum absolute atomic E-state index is 11.6. The van der Waals surface area contributed by atoms with Crippen LogP contribution in [0.15, 0.2) is 38.4 Å². The minimum atomic E-state index is -0.143. The van der Waals surface area contributed by atoms with E-state index < -0.39 is 0 Å². The van der Waals surface area contributed by atoms with Crippen LogP contribution in [0.5, 0.6) is 0 Å². The Labute approximate surface area is 99.3 Å². The van der Waals surface area contributed by atoms with Crippen LogP contribution in [-0.4, -0.2) is 4.57 Å². The van der Waals surface area contributed by atoms with Gasteiger partial charge in [-0.1, -0.05) is 0 Å². The summed E-state index contributed by atoms with van der Waals surface area (Å²) in [5, 5.41) is 1.98. The number of anilines is 1. The number of halogens is 1. The van der Waals surface area contributed by atoms with Gasteiger partial charge in [-0.05, 0) is 45.1 Å². The van der Waals surface area contributed by atoms with E-state index in [4.69, 9.17) is 5.73 Å². The van der Waals surface area contributed by atoms with E-state index in [2.05, 4.69) is 15.9 Å². The fourth-order valence-electron chi connectivity index (χ4n) is 1.30. The quantitative estimate of drug-likeness (QED) is 0.920. The highest BCUT2D eigenvalue weighted by molar-refractivity contribution is 9.11. The summed E-state index contributed by atoms with van der Waals surface area (Å²) in [6, 6.07) is 5.38. The molecule has 2 heterocycles. The number of pyridine rings is 1. The molecule has 0 radical (unpaired) electrons. The van der Waals surface area contributed by atoms with Crippen LogP contribution in [0.1, 0.15) is 5.56 Å². The zero-order chi connectivity index (χ0) is 10.8. The van der Waals surface area contributed by atoms with Gasteiger partial charge >= 0.3 is 0 Å². The van der Waals surface area contributed by atoms with Gasteiger partial charge in [0.05, 0.1) is 16.0 Å². The lowest BCUT2D eigenvalue weighted by Gasteiger charge is -2.05. The van der Waals surface area contributed by atoms with E-state index in [1.54, 1.807) is 34.2 Å². The van der Waals surface area contributed by atoms with Crippen molar-refractivity contribution < 1.29 is 0 Å². The molecule has 0 spiro atoms. The average molecular weight is 285 g/mol. The van der Waals surface area contributed by atoms with Crippen molar-refractivity contribution in [3.63, 3.8) is 0 Å². The number of nitrogens with zero attached hydrogens (tertiary/aromatic N) is 1. The van der Waals surface area contributed by atoms with E-state index in [0.29, 0.717) is 6.54 Å². The van der Waals surface area contributed by atoms with Crippen molar-refractivity contribution in [1.82, 2.24) is 4.57 Å². The van der Waals surface area contributed by atoms with Crippen LogP contribution in [0.3, 0.4) is 0 Å². The summed E-state index contributed by atoms with van der Waals surface area (Å²) in [6.07, 6.45) is 1.74. The van der Waals surface area contributed by atoms with Crippen LogP contribution in [0.2, 0.25) is 0 Å². The Morgan fingerprint density at radius 3 is 2.93 bits per heavy atom. The average Bonchev–Trinajstić information content (AvgIpc) is 2.60. The number of thiophene rings is 1. The molecule has 0 saturated carbocycles. The van der Waals surface area contributed by atoms with Gasteiger partial charge in [0.25, 0.3) is 5.56 Å². The first-order chi connectivity index (χ1) is 7.18. The molecule has 0 aromatic carbocycles. The van der Waals surface area contributed by atoms with Crippen molar-refractivity contribution in [3.05, 3.63) is 49.5 Å². The molecule has 0 saturated heterocycles. The van der Waals surface area contributed by atoms with E-state index in [1.807, 2.05) is 11.4 Å². The van der Waals surface area contributed by atoms with Gasteiger partial charge in [0, 0.05) is 6.20 Å². The van der Waals surface area contributed by atoms with Crippen molar-refractivity contribution in [1.29, 1.82) is 0 Å². The molecular formula is C10H9BrN2OS. The maximum atomic E-state index is 11.6. The van der Waals surface area contributed by atoms with Gasteiger partial charge < -0.3 is 10.3 Å². The number of hydrogen-bond acceptors (Lipinski definition) is 3. The highest BCUT2D eigenvalue weighted by atomic mass is 79.9. The normalized spacial score (nSPS) is 10.5. The van der Waals surface area contributed by atoms with Crippen LogP contribution in [0.25, 0.3) is 0 Å². The molecule has 0 fully saturated rings. The Hall–Kier alpha value is -1.07. The Kier molecular flexibility index (Phi) is 2.93. The number of nitrogens with two attached hydrogens (primary N) is 1. The third-order valence-corrected chi connectivity index (χ3v) is 3.89. The molecule has 15 heavy (non-hydrogen) atoms. The zero-order valence-electron chi connectivity index (χ0n) is 7.81. The van der Waals surface area contributed by atoms with Gasteiger partial charge in [-0.3, -0.25) is 4.79 Å². The third kappa shape index (κ3) is 2.13. The van der Waals surface area contributed by atoms with Crippen molar-refractivity contribution in [2.24, 2.45) is 0 Å². The molecule has 3 nitrogen and oxygen atoms in total. The lowest BCUT2D eigenvalue weighted by atomic mass is 10.3. The molecule has 0 aliphatic rings. The molecule has 2 aromatic heterocycles. The van der Waals surface area contributed by atoms with Gasteiger partial charge in [0.15, 0.2) is 0 Å². The molecule has 2 rings (SSSR count). The molecule has 0 aliphatic carbocycles. The van der Waals surface area contributed by atoms with E-state index in [0.717, 1.165) is 9.35 Å². The largest absolute Gasteiger partial charge is 0.394 e. The van der Waals surface area contributed by atoms with E-state index in [-0.39, 0.29) is 11.2 Å². The highest BCUT2D eigenvalue weighted by Crippen LogP contribution is 2.23. The first-order valence-electron chi connectivity index (χ1n) is 4.35. The van der Waals surface area contributed by atoms with Crippen LogP contribution >= 0.6 is 27.3 Å². The standard InChI is InChI=1S/C10H9BrN2OS/c11-9-7(3-5-15-9)6-13-4-1-2-8(12)10(13)14/h1-5H,6,12H2. The molecule has 0 unspecified atom stereocenters. The summed E-state index contributed by atoms with van der Waals surface area (Å²) >= 11 is 5.04. The number of aromatic nitrogens is 1. The van der Waals surface area contributed by atoms with Crippen molar-refractivity contribution in [2.75, 3.05) is 5.73 Å². The minimum Gasteiger partial charge on any atom is -0.394 e. The lowest BCUT2D eigenvalue weighted by molar-refractivity contribution is 0.762. The fourth-order valence-corrected chi connectivity index (χ4v) is 2.51. The van der Waals surface area contributed by atoms with Crippen molar-refractivity contribution >= 4 is 33.0 Å². The molecule has 2 aromatic rings. The molecule has 5 heteroatoms. The van der Waals surface area contributed by atoms with Gasteiger partial charge in [-0.15, -0.1) is 11.3 Å². The summed E-state index contributed by atoms with van der Waals surface area (Å²) in [5.74, 6) is 0. The van der Waals surface area contributed by atoms with Gasteiger partial charge in [-0.25, -0.2) is 0 Å². The first kappa shape index (κ1) is 10.4.